The van der Waals surface area contributed by atoms with E-state index < -0.39 is 12.1 Å². The molecule has 1 aromatic heterocycles. The predicted octanol–water partition coefficient (Wildman–Crippen LogP) is 3.83. The highest BCUT2D eigenvalue weighted by Gasteiger charge is 2.28. The van der Waals surface area contributed by atoms with E-state index in [0.717, 1.165) is 36.1 Å². The van der Waals surface area contributed by atoms with Crippen molar-refractivity contribution in [3.8, 4) is 11.5 Å². The Balaban J connectivity index is 1.74. The van der Waals surface area contributed by atoms with Crippen LogP contribution in [0.1, 0.15) is 40.6 Å². The molecule has 7 heteroatoms. The molecule has 1 unspecified atom stereocenters. The summed E-state index contributed by atoms with van der Waals surface area (Å²) in [5.41, 5.74) is 1.50. The molecule has 1 N–H and O–H groups in total. The van der Waals surface area contributed by atoms with Crippen molar-refractivity contribution in [2.24, 2.45) is 0 Å². The number of nitrogens with one attached hydrogen (secondary N) is 1. The first-order chi connectivity index (χ1) is 13.0. The summed E-state index contributed by atoms with van der Waals surface area (Å²) in [7, 11) is 2.95. The van der Waals surface area contributed by atoms with Crippen LogP contribution in [0.25, 0.3) is 0 Å². The highest BCUT2D eigenvalue weighted by atomic mass is 32.1. The van der Waals surface area contributed by atoms with Crippen molar-refractivity contribution in [2.45, 2.75) is 38.7 Å². The van der Waals surface area contributed by atoms with Gasteiger partial charge in [-0.25, -0.2) is 4.79 Å². The Bertz CT molecular complexity index is 828. The number of rotatable bonds is 6. The molecule has 1 aliphatic carbocycles. The third-order valence-corrected chi connectivity index (χ3v) is 5.75. The lowest BCUT2D eigenvalue weighted by atomic mass is 9.95. The molecule has 1 heterocycles. The minimum Gasteiger partial charge on any atom is -0.497 e. The zero-order chi connectivity index (χ0) is 19.4. The SMILES string of the molecule is COC(=O)c1c(NC(=O)C(C)Oc2ccc(OC)cc2)sc2c1CCCC2. The number of fused-ring (bicyclic) bond motifs is 1. The van der Waals surface area contributed by atoms with Crippen LogP contribution in [0.5, 0.6) is 11.5 Å². The van der Waals surface area contributed by atoms with Gasteiger partial charge in [-0.3, -0.25) is 4.79 Å². The second kappa shape index (κ2) is 8.43. The minimum atomic E-state index is -0.719. The number of hydrogen-bond acceptors (Lipinski definition) is 6. The van der Waals surface area contributed by atoms with Gasteiger partial charge in [0.25, 0.3) is 5.91 Å². The Morgan fingerprint density at radius 3 is 2.41 bits per heavy atom. The predicted molar refractivity (Wildman–Crippen MR) is 104 cm³/mol. The second-order valence-corrected chi connectivity index (χ2v) is 7.44. The number of thiophene rings is 1. The summed E-state index contributed by atoms with van der Waals surface area (Å²) >= 11 is 1.46. The molecule has 0 radical (unpaired) electrons. The topological polar surface area (TPSA) is 73.9 Å². The quantitative estimate of drug-likeness (QED) is 0.760. The van der Waals surface area contributed by atoms with Crippen LogP contribution in [0.2, 0.25) is 0 Å². The van der Waals surface area contributed by atoms with E-state index in [1.54, 1.807) is 38.3 Å². The van der Waals surface area contributed by atoms with Gasteiger partial charge in [0.05, 0.1) is 19.8 Å². The number of aryl methyl sites for hydroxylation is 1. The smallest absolute Gasteiger partial charge is 0.341 e. The van der Waals surface area contributed by atoms with E-state index in [4.69, 9.17) is 14.2 Å². The fourth-order valence-electron chi connectivity index (χ4n) is 3.10. The largest absolute Gasteiger partial charge is 0.497 e. The number of amides is 1. The molecule has 144 valence electrons. The Hall–Kier alpha value is -2.54. The Morgan fingerprint density at radius 1 is 1.07 bits per heavy atom. The van der Waals surface area contributed by atoms with Crippen LogP contribution in [0.15, 0.2) is 24.3 Å². The minimum absolute atomic E-state index is 0.311. The van der Waals surface area contributed by atoms with Gasteiger partial charge in [-0.2, -0.15) is 0 Å². The van der Waals surface area contributed by atoms with Crippen molar-refractivity contribution in [3.63, 3.8) is 0 Å². The van der Waals surface area contributed by atoms with Crippen molar-refractivity contribution >= 4 is 28.2 Å². The third-order valence-electron chi connectivity index (χ3n) is 4.54. The molecule has 27 heavy (non-hydrogen) atoms. The number of ether oxygens (including phenoxy) is 3. The Morgan fingerprint density at radius 2 is 1.74 bits per heavy atom. The summed E-state index contributed by atoms with van der Waals surface area (Å²) in [6, 6.07) is 7.02. The lowest BCUT2D eigenvalue weighted by Gasteiger charge is -2.15. The molecule has 2 aromatic rings. The first-order valence-corrected chi connectivity index (χ1v) is 9.69. The van der Waals surface area contributed by atoms with E-state index in [2.05, 4.69) is 5.32 Å². The van der Waals surface area contributed by atoms with Gasteiger partial charge in [0.15, 0.2) is 6.10 Å². The summed E-state index contributed by atoms with van der Waals surface area (Å²) in [4.78, 5) is 26.0. The summed E-state index contributed by atoms with van der Waals surface area (Å²) in [5.74, 6) is 0.562. The van der Waals surface area contributed by atoms with E-state index in [-0.39, 0.29) is 5.91 Å². The number of anilines is 1. The van der Waals surface area contributed by atoms with Gasteiger partial charge in [-0.15, -0.1) is 11.3 Å². The molecule has 1 amide bonds. The van der Waals surface area contributed by atoms with Gasteiger partial charge in [0.1, 0.15) is 16.5 Å². The van der Waals surface area contributed by atoms with Crippen LogP contribution >= 0.6 is 11.3 Å². The lowest BCUT2D eigenvalue weighted by molar-refractivity contribution is -0.122. The van der Waals surface area contributed by atoms with Crippen molar-refractivity contribution in [1.82, 2.24) is 0 Å². The van der Waals surface area contributed by atoms with Crippen molar-refractivity contribution in [2.75, 3.05) is 19.5 Å². The maximum atomic E-state index is 12.6. The summed E-state index contributed by atoms with van der Waals surface area (Å²) in [6.45, 7) is 1.67. The van der Waals surface area contributed by atoms with Crippen LogP contribution in [-0.2, 0) is 22.4 Å². The summed E-state index contributed by atoms with van der Waals surface area (Å²) in [6.07, 6.45) is 3.18. The van der Waals surface area contributed by atoms with E-state index in [9.17, 15) is 9.59 Å². The molecular formula is C20H23NO5S. The molecule has 0 aliphatic heterocycles. The number of methoxy groups -OCH3 is 2. The van der Waals surface area contributed by atoms with Crippen LogP contribution in [-0.4, -0.2) is 32.2 Å². The van der Waals surface area contributed by atoms with Crippen molar-refractivity contribution in [1.29, 1.82) is 0 Å². The fourth-order valence-corrected chi connectivity index (χ4v) is 4.38. The van der Waals surface area contributed by atoms with E-state index in [1.165, 1.54) is 18.4 Å². The highest BCUT2D eigenvalue weighted by Crippen LogP contribution is 2.38. The van der Waals surface area contributed by atoms with Gasteiger partial charge in [-0.1, -0.05) is 0 Å². The first-order valence-electron chi connectivity index (χ1n) is 8.88. The van der Waals surface area contributed by atoms with Crippen LogP contribution in [0, 0.1) is 0 Å². The highest BCUT2D eigenvalue weighted by molar-refractivity contribution is 7.17. The van der Waals surface area contributed by atoms with Gasteiger partial charge < -0.3 is 19.5 Å². The van der Waals surface area contributed by atoms with Crippen LogP contribution < -0.4 is 14.8 Å². The summed E-state index contributed by atoms with van der Waals surface area (Å²) in [5, 5.41) is 3.40. The van der Waals surface area contributed by atoms with Crippen LogP contribution in [0.3, 0.4) is 0 Å². The molecule has 0 fully saturated rings. The van der Waals surface area contributed by atoms with Gasteiger partial charge in [0, 0.05) is 4.88 Å². The molecule has 0 saturated carbocycles. The molecule has 6 nitrogen and oxygen atoms in total. The average Bonchev–Trinajstić information content (AvgIpc) is 3.05. The second-order valence-electron chi connectivity index (χ2n) is 6.33. The summed E-state index contributed by atoms with van der Waals surface area (Å²) < 4.78 is 15.7. The monoisotopic (exact) mass is 389 g/mol. The average molecular weight is 389 g/mol. The Labute approximate surface area is 162 Å². The number of carbonyl (C=O) groups excluding carboxylic acids is 2. The fraction of sp³-hybridized carbons (Fsp3) is 0.400. The number of benzene rings is 1. The van der Waals surface area contributed by atoms with E-state index in [0.29, 0.717) is 22.1 Å². The molecule has 1 aliphatic rings. The standard InChI is InChI=1S/C20H23NO5S/c1-12(26-14-10-8-13(24-2)9-11-14)18(22)21-19-17(20(23)25-3)15-6-4-5-7-16(15)27-19/h8-12H,4-7H2,1-3H3,(H,21,22). The maximum absolute atomic E-state index is 12.6. The molecule has 1 aromatic carbocycles. The van der Waals surface area contributed by atoms with E-state index >= 15 is 0 Å². The van der Waals surface area contributed by atoms with Crippen molar-refractivity contribution in [3.05, 3.63) is 40.3 Å². The number of carbonyl (C=O) groups is 2. The Kier molecular flexibility index (Phi) is 6.01. The number of hydrogen-bond donors (Lipinski definition) is 1. The number of esters is 1. The van der Waals surface area contributed by atoms with Gasteiger partial charge >= 0.3 is 5.97 Å². The third kappa shape index (κ3) is 4.24. The van der Waals surface area contributed by atoms with E-state index in [1.807, 2.05) is 0 Å². The zero-order valence-electron chi connectivity index (χ0n) is 15.7. The molecule has 1 atom stereocenters. The van der Waals surface area contributed by atoms with Gasteiger partial charge in [-0.05, 0) is 62.4 Å². The zero-order valence-corrected chi connectivity index (χ0v) is 16.5. The van der Waals surface area contributed by atoms with Crippen molar-refractivity contribution < 1.29 is 23.8 Å². The normalized spacial score (nSPS) is 14.0. The lowest BCUT2D eigenvalue weighted by Crippen LogP contribution is -2.30. The first kappa shape index (κ1) is 19.2. The maximum Gasteiger partial charge on any atom is 0.341 e. The van der Waals surface area contributed by atoms with Crippen LogP contribution in [0.4, 0.5) is 5.00 Å². The molecular weight excluding hydrogens is 366 g/mol. The molecule has 3 rings (SSSR count). The van der Waals surface area contributed by atoms with Gasteiger partial charge in [0.2, 0.25) is 0 Å². The molecule has 0 saturated heterocycles. The molecule has 0 bridgehead atoms. The molecule has 0 spiro atoms.